The summed E-state index contributed by atoms with van der Waals surface area (Å²) in [5.41, 5.74) is 1.14. The number of fused-ring (bicyclic) bond motifs is 1. The van der Waals surface area contributed by atoms with E-state index in [-0.39, 0.29) is 22.7 Å². The van der Waals surface area contributed by atoms with Crippen molar-refractivity contribution in [2.24, 2.45) is 17.3 Å². The number of ether oxygens (including phenoxy) is 1. The molecule has 0 aromatic heterocycles. The minimum Gasteiger partial charge on any atom is -0.465 e. The summed E-state index contributed by atoms with van der Waals surface area (Å²) >= 11 is 0. The number of Topliss-reactive ketones (excluding diaryl/α,β-unsaturated/α-hetero) is 1. The van der Waals surface area contributed by atoms with Crippen molar-refractivity contribution < 1.29 is 14.3 Å². The van der Waals surface area contributed by atoms with E-state index in [1.54, 1.807) is 0 Å². The van der Waals surface area contributed by atoms with Crippen LogP contribution >= 0.6 is 0 Å². The zero-order valence-electron chi connectivity index (χ0n) is 11.1. The van der Waals surface area contributed by atoms with Gasteiger partial charge in [-0.05, 0) is 29.7 Å². The highest BCUT2D eigenvalue weighted by Crippen LogP contribution is 2.60. The zero-order valence-corrected chi connectivity index (χ0v) is 11.1. The van der Waals surface area contributed by atoms with Gasteiger partial charge in [0.2, 0.25) is 0 Å². The number of hydrogen-bond donors (Lipinski definition) is 0. The molecule has 0 saturated heterocycles. The van der Waals surface area contributed by atoms with Crippen molar-refractivity contribution >= 4 is 11.8 Å². The molecule has 18 heavy (non-hydrogen) atoms. The van der Waals surface area contributed by atoms with Crippen molar-refractivity contribution in [2.45, 2.75) is 33.1 Å². The molecule has 0 radical (unpaired) electrons. The Hall–Kier alpha value is -1.56. The topological polar surface area (TPSA) is 43.4 Å². The number of methoxy groups -OCH3 is 1. The molecule has 0 aromatic rings. The molecule has 3 nitrogen and oxygen atoms in total. The third-order valence-corrected chi connectivity index (χ3v) is 4.50. The van der Waals surface area contributed by atoms with Gasteiger partial charge in [0.05, 0.1) is 7.11 Å². The van der Waals surface area contributed by atoms with Crippen LogP contribution in [0.3, 0.4) is 0 Å². The van der Waals surface area contributed by atoms with Crippen LogP contribution in [-0.2, 0) is 14.3 Å². The fraction of sp³-hybridized carbons (Fsp3) is 0.600. The second kappa shape index (κ2) is 4.28. The van der Waals surface area contributed by atoms with E-state index in [1.165, 1.54) is 7.11 Å². The van der Waals surface area contributed by atoms with Crippen LogP contribution in [0.2, 0.25) is 0 Å². The summed E-state index contributed by atoms with van der Waals surface area (Å²) in [4.78, 5) is 24.1. The summed E-state index contributed by atoms with van der Waals surface area (Å²) in [6.07, 6.45) is 7.31. The number of rotatable bonds is 3. The largest absolute Gasteiger partial charge is 0.465 e. The molecule has 2 bridgehead atoms. The number of allylic oxidation sites excluding steroid dienone is 1. The lowest BCUT2D eigenvalue weighted by Gasteiger charge is -2.56. The summed E-state index contributed by atoms with van der Waals surface area (Å²) in [7, 11) is 1.31. The Morgan fingerprint density at radius 2 is 2.17 bits per heavy atom. The summed E-state index contributed by atoms with van der Waals surface area (Å²) in [6.45, 7) is 4.18. The van der Waals surface area contributed by atoms with Crippen molar-refractivity contribution in [3.63, 3.8) is 0 Å². The van der Waals surface area contributed by atoms with Crippen molar-refractivity contribution in [1.29, 1.82) is 0 Å². The number of carbonyl (C=O) groups is 2. The van der Waals surface area contributed by atoms with Crippen molar-refractivity contribution in [3.8, 4) is 12.3 Å². The van der Waals surface area contributed by atoms with Gasteiger partial charge in [-0.15, -0.1) is 12.3 Å². The van der Waals surface area contributed by atoms with Gasteiger partial charge in [-0.25, -0.2) is 4.79 Å². The van der Waals surface area contributed by atoms with Crippen LogP contribution in [0.25, 0.3) is 0 Å². The van der Waals surface area contributed by atoms with Crippen molar-refractivity contribution in [1.82, 2.24) is 0 Å². The Morgan fingerprint density at radius 3 is 2.67 bits per heavy atom. The third-order valence-electron chi connectivity index (χ3n) is 4.50. The van der Waals surface area contributed by atoms with E-state index in [4.69, 9.17) is 11.2 Å². The molecule has 0 unspecified atom stereocenters. The molecule has 3 rings (SSSR count). The Bertz CT molecular complexity index is 476. The molecule has 0 heterocycles. The van der Waals surface area contributed by atoms with Crippen LogP contribution in [0.1, 0.15) is 33.1 Å². The maximum atomic E-state index is 12.3. The van der Waals surface area contributed by atoms with E-state index >= 15 is 0 Å². The SMILES string of the molecule is C#CCCC1=C(C(=O)OC)C(=O)[C@H]2C[C@@H]1C2(C)C. The van der Waals surface area contributed by atoms with E-state index in [2.05, 4.69) is 19.8 Å². The lowest BCUT2D eigenvalue weighted by atomic mass is 9.46. The van der Waals surface area contributed by atoms with Crippen LogP contribution in [0.15, 0.2) is 11.1 Å². The molecule has 3 heteroatoms. The van der Waals surface area contributed by atoms with Crippen LogP contribution < -0.4 is 0 Å². The number of ketones is 1. The molecule has 0 aromatic carbocycles. The molecule has 2 atom stereocenters. The van der Waals surface area contributed by atoms with Gasteiger partial charge in [0, 0.05) is 12.3 Å². The van der Waals surface area contributed by atoms with Crippen LogP contribution in [0, 0.1) is 29.6 Å². The number of terminal acetylenes is 1. The molecule has 3 aliphatic carbocycles. The standard InChI is InChI=1S/C15H18O3/c1-5-6-7-9-10-8-11(15(10,2)3)13(16)12(9)14(17)18-4/h1,10-11H,6-8H2,2-4H3/t10-,11+/m0/s1. The van der Waals surface area contributed by atoms with Gasteiger partial charge in [-0.2, -0.15) is 0 Å². The average molecular weight is 246 g/mol. The lowest BCUT2D eigenvalue weighted by Crippen LogP contribution is -2.55. The molecule has 0 spiro atoms. The van der Waals surface area contributed by atoms with Gasteiger partial charge in [-0.3, -0.25) is 4.79 Å². The monoisotopic (exact) mass is 246 g/mol. The smallest absolute Gasteiger partial charge is 0.341 e. The first-order valence-corrected chi connectivity index (χ1v) is 6.24. The summed E-state index contributed by atoms with van der Waals surface area (Å²) < 4.78 is 4.74. The van der Waals surface area contributed by atoms with E-state index in [0.717, 1.165) is 12.0 Å². The van der Waals surface area contributed by atoms with Crippen molar-refractivity contribution in [2.75, 3.05) is 7.11 Å². The molecule has 0 aliphatic heterocycles. The Labute approximate surface area is 108 Å². The Balaban J connectivity index is 2.44. The van der Waals surface area contributed by atoms with E-state index < -0.39 is 5.97 Å². The average Bonchev–Trinajstić information content (AvgIpc) is 2.34. The maximum Gasteiger partial charge on any atom is 0.341 e. The van der Waals surface area contributed by atoms with E-state index in [9.17, 15) is 9.59 Å². The lowest BCUT2D eigenvalue weighted by molar-refractivity contribution is -0.145. The first-order chi connectivity index (χ1) is 8.45. The summed E-state index contributed by atoms with van der Waals surface area (Å²) in [5.74, 6) is 2.28. The second-order valence-corrected chi connectivity index (χ2v) is 5.62. The normalized spacial score (nSPS) is 28.4. The molecule has 3 aliphatic rings. The molecule has 96 valence electrons. The predicted molar refractivity (Wildman–Crippen MR) is 67.5 cm³/mol. The number of esters is 1. The van der Waals surface area contributed by atoms with Gasteiger partial charge in [0.25, 0.3) is 0 Å². The highest BCUT2D eigenvalue weighted by molar-refractivity contribution is 6.20. The first-order valence-electron chi connectivity index (χ1n) is 6.24. The van der Waals surface area contributed by atoms with E-state index in [1.807, 2.05) is 0 Å². The van der Waals surface area contributed by atoms with Gasteiger partial charge in [0.15, 0.2) is 5.78 Å². The predicted octanol–water partition coefficient (Wildman–Crippen LogP) is 2.11. The fourth-order valence-electron chi connectivity index (χ4n) is 3.31. The van der Waals surface area contributed by atoms with Gasteiger partial charge >= 0.3 is 5.97 Å². The number of hydrogen-bond acceptors (Lipinski definition) is 3. The number of carbonyl (C=O) groups excluding carboxylic acids is 2. The third kappa shape index (κ3) is 1.59. The van der Waals surface area contributed by atoms with Gasteiger partial charge in [0.1, 0.15) is 5.57 Å². The molecule has 1 saturated carbocycles. The summed E-state index contributed by atoms with van der Waals surface area (Å²) in [6, 6.07) is 0. The maximum absolute atomic E-state index is 12.3. The van der Waals surface area contributed by atoms with Gasteiger partial charge in [-0.1, -0.05) is 13.8 Å². The highest BCUT2D eigenvalue weighted by atomic mass is 16.5. The van der Waals surface area contributed by atoms with Crippen LogP contribution in [-0.4, -0.2) is 18.9 Å². The van der Waals surface area contributed by atoms with E-state index in [0.29, 0.717) is 18.8 Å². The summed E-state index contributed by atoms with van der Waals surface area (Å²) in [5, 5.41) is 0. The zero-order chi connectivity index (χ0) is 13.5. The van der Waals surface area contributed by atoms with Crippen LogP contribution in [0.4, 0.5) is 0 Å². The van der Waals surface area contributed by atoms with Gasteiger partial charge < -0.3 is 4.74 Å². The Kier molecular flexibility index (Phi) is 3.06. The minimum atomic E-state index is -0.503. The second-order valence-electron chi connectivity index (χ2n) is 5.62. The molecule has 0 amide bonds. The minimum absolute atomic E-state index is 0.0359. The fourth-order valence-corrected chi connectivity index (χ4v) is 3.31. The molecular weight excluding hydrogens is 228 g/mol. The molecular formula is C15H18O3. The van der Waals surface area contributed by atoms with Crippen molar-refractivity contribution in [3.05, 3.63) is 11.1 Å². The first kappa shape index (κ1) is 12.9. The Morgan fingerprint density at radius 1 is 1.50 bits per heavy atom. The highest BCUT2D eigenvalue weighted by Gasteiger charge is 2.58. The molecule has 0 N–H and O–H groups in total. The quantitative estimate of drug-likeness (QED) is 0.435. The van der Waals surface area contributed by atoms with Crippen LogP contribution in [0.5, 0.6) is 0 Å². The molecule has 1 fully saturated rings.